The van der Waals surface area contributed by atoms with E-state index in [-0.39, 0.29) is 5.56 Å². The van der Waals surface area contributed by atoms with Gasteiger partial charge in [0.25, 0.3) is 0 Å². The van der Waals surface area contributed by atoms with E-state index in [1.807, 2.05) is 23.5 Å². The largest absolute Gasteiger partial charge is 0.417 e. The molecule has 1 aliphatic heterocycles. The van der Waals surface area contributed by atoms with Crippen LogP contribution in [0.5, 0.6) is 0 Å². The van der Waals surface area contributed by atoms with E-state index in [0.29, 0.717) is 5.56 Å². The van der Waals surface area contributed by atoms with Gasteiger partial charge in [-0.3, -0.25) is 8.61 Å². The molecule has 2 aromatic carbocycles. The highest BCUT2D eigenvalue weighted by molar-refractivity contribution is 8.02. The van der Waals surface area contributed by atoms with Gasteiger partial charge in [-0.2, -0.15) is 13.2 Å². The van der Waals surface area contributed by atoms with Crippen LogP contribution in [0.1, 0.15) is 18.4 Å². The summed E-state index contributed by atoms with van der Waals surface area (Å²) < 4.78 is 44.1. The Morgan fingerprint density at radius 2 is 1.83 bits per heavy atom. The average molecular weight is 350 g/mol. The highest BCUT2D eigenvalue weighted by atomic mass is 32.2. The fraction of sp³-hybridized carbons (Fsp3) is 0.333. The number of fused-ring (bicyclic) bond motifs is 1. The number of rotatable bonds is 3. The number of hydrogen-bond acceptors (Lipinski definition) is 3. The summed E-state index contributed by atoms with van der Waals surface area (Å²) in [6, 6.07) is 11.4. The molecule has 1 heterocycles. The van der Waals surface area contributed by atoms with Gasteiger partial charge in [-0.25, -0.2) is 0 Å². The molecule has 1 fully saturated rings. The van der Waals surface area contributed by atoms with Gasteiger partial charge in [0.1, 0.15) is 0 Å². The second-order valence-electron chi connectivity index (χ2n) is 6.33. The lowest BCUT2D eigenvalue weighted by molar-refractivity contribution is -0.137. The molecule has 1 aliphatic carbocycles. The van der Waals surface area contributed by atoms with Gasteiger partial charge >= 0.3 is 6.18 Å². The van der Waals surface area contributed by atoms with Crippen LogP contribution in [0.2, 0.25) is 0 Å². The van der Waals surface area contributed by atoms with Crippen molar-refractivity contribution in [1.29, 1.82) is 0 Å². The van der Waals surface area contributed by atoms with Crippen LogP contribution < -0.4 is 8.61 Å². The summed E-state index contributed by atoms with van der Waals surface area (Å²) in [6.45, 7) is 1.00. The van der Waals surface area contributed by atoms with Crippen LogP contribution in [0.25, 0.3) is 11.1 Å². The molecule has 0 saturated heterocycles. The van der Waals surface area contributed by atoms with Crippen LogP contribution >= 0.6 is 12.1 Å². The van der Waals surface area contributed by atoms with Crippen molar-refractivity contribution in [3.05, 3.63) is 48.0 Å². The summed E-state index contributed by atoms with van der Waals surface area (Å²) in [5.74, 6) is 0.752. The molecule has 2 aromatic rings. The minimum Gasteiger partial charge on any atom is -0.300 e. The van der Waals surface area contributed by atoms with Gasteiger partial charge in [-0.1, -0.05) is 24.3 Å². The summed E-state index contributed by atoms with van der Waals surface area (Å²) in [5.41, 5.74) is 2.29. The Labute approximate surface area is 143 Å². The standard InChI is InChI=1S/C18H17F3N2S/c1-22-17-10-13(14-4-2-3-5-15(14)18(19,20)21)8-9-16(17)23(24-22)11-12-6-7-12/h2-5,8-10,12H,6-7,11H2,1H3. The van der Waals surface area contributed by atoms with Crippen LogP contribution in [0.4, 0.5) is 24.5 Å². The van der Waals surface area contributed by atoms with Crippen LogP contribution in [-0.2, 0) is 6.18 Å². The average Bonchev–Trinajstić information content (AvgIpc) is 3.31. The fourth-order valence-electron chi connectivity index (χ4n) is 3.04. The van der Waals surface area contributed by atoms with Crippen molar-refractivity contribution in [1.82, 2.24) is 0 Å². The maximum absolute atomic E-state index is 13.3. The monoisotopic (exact) mass is 350 g/mol. The van der Waals surface area contributed by atoms with Crippen molar-refractivity contribution < 1.29 is 13.2 Å². The molecule has 1 saturated carbocycles. The molecule has 24 heavy (non-hydrogen) atoms. The number of benzene rings is 2. The first-order valence-corrected chi connectivity index (χ1v) is 8.66. The zero-order valence-corrected chi connectivity index (χ0v) is 14.0. The third-order valence-electron chi connectivity index (χ3n) is 4.47. The first-order valence-electron chi connectivity index (χ1n) is 7.93. The van der Waals surface area contributed by atoms with Crippen molar-refractivity contribution in [3.63, 3.8) is 0 Å². The third kappa shape index (κ3) is 2.83. The topological polar surface area (TPSA) is 6.48 Å². The minimum atomic E-state index is -4.35. The van der Waals surface area contributed by atoms with Gasteiger partial charge in [0.2, 0.25) is 0 Å². The first-order chi connectivity index (χ1) is 11.4. The normalized spacial score (nSPS) is 17.3. The molecule has 0 amide bonds. The van der Waals surface area contributed by atoms with Crippen LogP contribution in [0, 0.1) is 5.92 Å². The molecule has 126 valence electrons. The molecule has 2 aliphatic rings. The molecule has 0 aromatic heterocycles. The van der Waals surface area contributed by atoms with E-state index in [0.717, 1.165) is 29.9 Å². The number of anilines is 2. The maximum atomic E-state index is 13.3. The van der Waals surface area contributed by atoms with E-state index in [4.69, 9.17) is 0 Å². The molecule has 2 nitrogen and oxygen atoms in total. The predicted octanol–water partition coefficient (Wildman–Crippen LogP) is 5.60. The molecule has 0 bridgehead atoms. The smallest absolute Gasteiger partial charge is 0.300 e. The zero-order chi connectivity index (χ0) is 16.9. The maximum Gasteiger partial charge on any atom is 0.417 e. The predicted molar refractivity (Wildman–Crippen MR) is 92.9 cm³/mol. The van der Waals surface area contributed by atoms with Crippen molar-refractivity contribution >= 4 is 23.5 Å². The number of alkyl halides is 3. The summed E-state index contributed by atoms with van der Waals surface area (Å²) in [6.07, 6.45) is -1.81. The lowest BCUT2D eigenvalue weighted by Crippen LogP contribution is -2.16. The molecule has 6 heteroatoms. The quantitative estimate of drug-likeness (QED) is 0.665. The van der Waals surface area contributed by atoms with Crippen LogP contribution in [-0.4, -0.2) is 13.6 Å². The number of hydrogen-bond donors (Lipinski definition) is 0. The highest BCUT2D eigenvalue weighted by Crippen LogP contribution is 2.48. The molecule has 0 N–H and O–H groups in total. The third-order valence-corrected chi connectivity index (χ3v) is 5.45. The summed E-state index contributed by atoms with van der Waals surface area (Å²) in [4.78, 5) is 0. The van der Waals surface area contributed by atoms with E-state index >= 15 is 0 Å². The molecule has 0 radical (unpaired) electrons. The van der Waals surface area contributed by atoms with Gasteiger partial charge < -0.3 is 0 Å². The molecule has 0 unspecified atom stereocenters. The lowest BCUT2D eigenvalue weighted by atomic mass is 9.98. The first kappa shape index (κ1) is 15.7. The van der Waals surface area contributed by atoms with E-state index in [9.17, 15) is 13.2 Å². The van der Waals surface area contributed by atoms with Gasteiger partial charge in [0.05, 0.1) is 29.1 Å². The fourth-order valence-corrected chi connectivity index (χ4v) is 4.09. The minimum absolute atomic E-state index is 0.229. The summed E-state index contributed by atoms with van der Waals surface area (Å²) >= 11 is 1.62. The Kier molecular flexibility index (Phi) is 3.67. The second-order valence-corrected chi connectivity index (χ2v) is 7.48. The molecular weight excluding hydrogens is 333 g/mol. The van der Waals surface area contributed by atoms with E-state index in [1.54, 1.807) is 24.3 Å². The van der Waals surface area contributed by atoms with Crippen molar-refractivity contribution in [3.8, 4) is 11.1 Å². The van der Waals surface area contributed by atoms with Crippen LogP contribution in [0.15, 0.2) is 42.5 Å². The summed E-state index contributed by atoms with van der Waals surface area (Å²) in [7, 11) is 1.95. The van der Waals surface area contributed by atoms with E-state index in [1.165, 1.54) is 25.0 Å². The Morgan fingerprint density at radius 1 is 1.08 bits per heavy atom. The van der Waals surface area contributed by atoms with Gasteiger partial charge in [0, 0.05) is 13.6 Å². The molecular formula is C18H17F3N2S. The molecule has 0 spiro atoms. The Balaban J connectivity index is 1.73. The Hall–Kier alpha value is -1.82. The van der Waals surface area contributed by atoms with Crippen molar-refractivity contribution in [2.75, 3.05) is 22.2 Å². The molecule has 4 rings (SSSR count). The zero-order valence-electron chi connectivity index (χ0n) is 13.2. The van der Waals surface area contributed by atoms with Gasteiger partial charge in [0.15, 0.2) is 0 Å². The van der Waals surface area contributed by atoms with Gasteiger partial charge in [-0.15, -0.1) is 0 Å². The number of nitrogens with zero attached hydrogens (tertiary/aromatic N) is 2. The van der Waals surface area contributed by atoms with Gasteiger partial charge in [-0.05, 0) is 48.1 Å². The Bertz CT molecular complexity index is 771. The van der Waals surface area contributed by atoms with E-state index in [2.05, 4.69) is 4.31 Å². The summed E-state index contributed by atoms with van der Waals surface area (Å²) in [5, 5.41) is 0. The SMILES string of the molecule is CN1SN(CC2CC2)c2ccc(-c3ccccc3C(F)(F)F)cc21. The van der Waals surface area contributed by atoms with E-state index < -0.39 is 11.7 Å². The van der Waals surface area contributed by atoms with Crippen molar-refractivity contribution in [2.45, 2.75) is 19.0 Å². The van der Waals surface area contributed by atoms with Crippen LogP contribution in [0.3, 0.4) is 0 Å². The van der Waals surface area contributed by atoms with Crippen molar-refractivity contribution in [2.24, 2.45) is 5.92 Å². The Morgan fingerprint density at radius 3 is 2.54 bits per heavy atom. The lowest BCUT2D eigenvalue weighted by Gasteiger charge is -2.16. The second kappa shape index (κ2) is 5.62. The highest BCUT2D eigenvalue weighted by Gasteiger charge is 2.34. The number of halogens is 3. The molecule has 0 atom stereocenters.